The Labute approximate surface area is 237 Å². The molecular formula is C27H28BrFN6O3S. The molecule has 204 valence electrons. The van der Waals surface area contributed by atoms with Gasteiger partial charge in [0.15, 0.2) is 5.65 Å². The number of anilines is 2. The Kier molecular flexibility index (Phi) is 7.27. The summed E-state index contributed by atoms with van der Waals surface area (Å²) in [6.07, 6.45) is 3.99. The molecule has 5 heterocycles. The first-order chi connectivity index (χ1) is 18.9. The molecule has 4 aromatic rings. The van der Waals surface area contributed by atoms with Gasteiger partial charge in [0.2, 0.25) is 5.75 Å². The number of aromatic nitrogens is 3. The maximum Gasteiger partial charge on any atom is 0.300 e. The number of aromatic hydroxyl groups is 1. The molecule has 2 saturated heterocycles. The molecule has 2 aliphatic rings. The standard InChI is InChI=1S/C27H28BrFN6O3S/c1-32-4-6-34(7-5-32)22-13-18(29)3-2-17(22)12-20-15-30-26(39-20)23-24(36)27(37)35-16-19(14-21(28)25(35)31-23)33-8-10-38-11-9-33/h2-3,13-16,36H,4-12H2,1H3. The van der Waals surface area contributed by atoms with Gasteiger partial charge in [-0.1, -0.05) is 6.07 Å². The Morgan fingerprint density at radius 1 is 1.10 bits per heavy atom. The van der Waals surface area contributed by atoms with Crippen LogP contribution in [-0.4, -0.2) is 83.9 Å². The summed E-state index contributed by atoms with van der Waals surface area (Å²) in [4.78, 5) is 29.9. The smallest absolute Gasteiger partial charge is 0.300 e. The third-order valence-electron chi connectivity index (χ3n) is 7.23. The van der Waals surface area contributed by atoms with Crippen LogP contribution < -0.4 is 15.4 Å². The molecule has 12 heteroatoms. The van der Waals surface area contributed by atoms with Crippen molar-refractivity contribution in [1.29, 1.82) is 0 Å². The number of ether oxygens (including phenoxy) is 1. The van der Waals surface area contributed by atoms with Crippen LogP contribution in [0.3, 0.4) is 0 Å². The van der Waals surface area contributed by atoms with Gasteiger partial charge in [-0.25, -0.2) is 14.4 Å². The van der Waals surface area contributed by atoms with Gasteiger partial charge in [-0.15, -0.1) is 11.3 Å². The van der Waals surface area contributed by atoms with Crippen LogP contribution in [0.1, 0.15) is 10.4 Å². The normalized spacial score (nSPS) is 16.8. The van der Waals surface area contributed by atoms with E-state index in [2.05, 4.69) is 47.6 Å². The highest BCUT2D eigenvalue weighted by Gasteiger charge is 2.22. The maximum atomic E-state index is 14.2. The van der Waals surface area contributed by atoms with E-state index in [0.717, 1.165) is 61.1 Å². The zero-order valence-electron chi connectivity index (χ0n) is 21.4. The largest absolute Gasteiger partial charge is 0.501 e. The summed E-state index contributed by atoms with van der Waals surface area (Å²) >= 11 is 4.93. The van der Waals surface area contributed by atoms with E-state index in [1.807, 2.05) is 12.1 Å². The van der Waals surface area contributed by atoms with E-state index < -0.39 is 11.3 Å². The van der Waals surface area contributed by atoms with Gasteiger partial charge in [0.1, 0.15) is 16.5 Å². The molecule has 0 saturated carbocycles. The number of hydrogen-bond acceptors (Lipinski definition) is 9. The topological polar surface area (TPSA) is 86.4 Å². The van der Waals surface area contributed by atoms with Crippen molar-refractivity contribution in [2.45, 2.75) is 6.42 Å². The monoisotopic (exact) mass is 614 g/mol. The molecule has 0 radical (unpaired) electrons. The SMILES string of the molecule is CN1CCN(c2cc(F)ccc2Cc2cnc(-c3nc4c(Br)cc(N5CCOCC5)cn4c(=O)c3O)s2)CC1. The summed E-state index contributed by atoms with van der Waals surface area (Å²) in [6, 6.07) is 6.83. The van der Waals surface area contributed by atoms with Gasteiger partial charge >= 0.3 is 5.56 Å². The Morgan fingerprint density at radius 3 is 2.64 bits per heavy atom. The van der Waals surface area contributed by atoms with Gasteiger partial charge < -0.3 is 24.5 Å². The average molecular weight is 616 g/mol. The number of halogens is 2. The number of benzene rings is 1. The van der Waals surface area contributed by atoms with Gasteiger partial charge in [0.25, 0.3) is 0 Å². The predicted molar refractivity (Wildman–Crippen MR) is 154 cm³/mol. The van der Waals surface area contributed by atoms with Crippen molar-refractivity contribution in [1.82, 2.24) is 19.3 Å². The van der Waals surface area contributed by atoms with Crippen molar-refractivity contribution in [3.05, 3.63) is 67.7 Å². The Balaban J connectivity index is 1.31. The molecule has 6 rings (SSSR count). The van der Waals surface area contributed by atoms with E-state index in [4.69, 9.17) is 4.74 Å². The minimum absolute atomic E-state index is 0.148. The first-order valence-electron chi connectivity index (χ1n) is 12.8. The van der Waals surface area contributed by atoms with E-state index in [1.165, 1.54) is 21.8 Å². The molecule has 0 aliphatic carbocycles. The molecular weight excluding hydrogens is 587 g/mol. The highest BCUT2D eigenvalue weighted by molar-refractivity contribution is 9.10. The van der Waals surface area contributed by atoms with Crippen molar-refractivity contribution in [2.75, 3.05) is 69.3 Å². The fourth-order valence-electron chi connectivity index (χ4n) is 5.03. The molecule has 3 aromatic heterocycles. The summed E-state index contributed by atoms with van der Waals surface area (Å²) < 4.78 is 21.6. The van der Waals surface area contributed by atoms with Gasteiger partial charge in [0, 0.05) is 68.6 Å². The number of thiazole rings is 1. The van der Waals surface area contributed by atoms with Gasteiger partial charge in [0.05, 0.1) is 23.4 Å². The zero-order chi connectivity index (χ0) is 27.1. The fourth-order valence-corrected chi connectivity index (χ4v) is 6.47. The molecule has 2 aliphatic heterocycles. The lowest BCUT2D eigenvalue weighted by Gasteiger charge is -2.35. The number of fused-ring (bicyclic) bond motifs is 1. The summed E-state index contributed by atoms with van der Waals surface area (Å²) in [5.41, 5.74) is 2.74. The summed E-state index contributed by atoms with van der Waals surface area (Å²) in [6.45, 7) is 6.19. The predicted octanol–water partition coefficient (Wildman–Crippen LogP) is 3.60. The number of rotatable bonds is 5. The number of likely N-dealkylation sites (N-methyl/N-ethyl adjacent to an activating group) is 1. The van der Waals surface area contributed by atoms with Crippen LogP contribution in [0.2, 0.25) is 0 Å². The number of morpholine rings is 1. The van der Waals surface area contributed by atoms with Crippen LogP contribution in [0.4, 0.5) is 15.8 Å². The van der Waals surface area contributed by atoms with Crippen molar-refractivity contribution in [2.24, 2.45) is 0 Å². The van der Waals surface area contributed by atoms with Crippen molar-refractivity contribution in [3.63, 3.8) is 0 Å². The van der Waals surface area contributed by atoms with Gasteiger partial charge in [-0.3, -0.25) is 9.20 Å². The number of piperazine rings is 1. The first kappa shape index (κ1) is 26.2. The summed E-state index contributed by atoms with van der Waals surface area (Å²) in [7, 11) is 2.09. The quantitative estimate of drug-likeness (QED) is 0.365. The second-order valence-corrected chi connectivity index (χ2v) is 11.8. The van der Waals surface area contributed by atoms with Gasteiger partial charge in [-0.2, -0.15) is 0 Å². The lowest BCUT2D eigenvalue weighted by molar-refractivity contribution is 0.122. The molecule has 0 spiro atoms. The summed E-state index contributed by atoms with van der Waals surface area (Å²) in [5, 5.41) is 11.3. The molecule has 0 amide bonds. The molecule has 1 aromatic carbocycles. The van der Waals surface area contributed by atoms with Crippen molar-refractivity contribution < 1.29 is 14.2 Å². The van der Waals surface area contributed by atoms with Crippen LogP contribution in [0.25, 0.3) is 16.3 Å². The third kappa shape index (κ3) is 5.25. The zero-order valence-corrected chi connectivity index (χ0v) is 23.8. The van der Waals surface area contributed by atoms with Crippen LogP contribution in [0.15, 0.2) is 45.9 Å². The number of pyridine rings is 1. The second kappa shape index (κ2) is 10.8. The summed E-state index contributed by atoms with van der Waals surface area (Å²) in [5.74, 6) is -0.704. The van der Waals surface area contributed by atoms with Crippen LogP contribution in [-0.2, 0) is 11.2 Å². The van der Waals surface area contributed by atoms with Crippen LogP contribution >= 0.6 is 27.3 Å². The van der Waals surface area contributed by atoms with Crippen molar-refractivity contribution >= 4 is 44.3 Å². The van der Waals surface area contributed by atoms with E-state index in [-0.39, 0.29) is 11.5 Å². The molecule has 0 bridgehead atoms. The molecule has 39 heavy (non-hydrogen) atoms. The van der Waals surface area contributed by atoms with Gasteiger partial charge in [-0.05, 0) is 46.7 Å². The average Bonchev–Trinajstić information content (AvgIpc) is 3.41. The third-order valence-corrected chi connectivity index (χ3v) is 8.82. The van der Waals surface area contributed by atoms with E-state index >= 15 is 0 Å². The Morgan fingerprint density at radius 2 is 1.87 bits per heavy atom. The number of nitrogens with zero attached hydrogens (tertiary/aromatic N) is 6. The fraction of sp³-hybridized carbons (Fsp3) is 0.370. The molecule has 2 fully saturated rings. The molecule has 0 unspecified atom stereocenters. The van der Waals surface area contributed by atoms with Crippen LogP contribution in [0, 0.1) is 5.82 Å². The molecule has 1 N–H and O–H groups in total. The second-order valence-electron chi connectivity index (χ2n) is 9.83. The lowest BCUT2D eigenvalue weighted by atomic mass is 10.1. The minimum Gasteiger partial charge on any atom is -0.501 e. The van der Waals surface area contributed by atoms with E-state index in [1.54, 1.807) is 18.5 Å². The van der Waals surface area contributed by atoms with Crippen molar-refractivity contribution in [3.8, 4) is 16.5 Å². The maximum absolute atomic E-state index is 14.2. The van der Waals surface area contributed by atoms with E-state index in [9.17, 15) is 14.3 Å². The highest BCUT2D eigenvalue weighted by atomic mass is 79.9. The number of hydrogen-bond donors (Lipinski definition) is 1. The lowest BCUT2D eigenvalue weighted by Crippen LogP contribution is -2.44. The Hall–Kier alpha value is -3.06. The molecule has 9 nitrogen and oxygen atoms in total. The molecule has 0 atom stereocenters. The first-order valence-corrected chi connectivity index (χ1v) is 14.4. The minimum atomic E-state index is -0.557. The highest BCUT2D eigenvalue weighted by Crippen LogP contribution is 2.34. The Bertz CT molecular complexity index is 1580. The van der Waals surface area contributed by atoms with E-state index in [0.29, 0.717) is 34.8 Å². The van der Waals surface area contributed by atoms with Crippen LogP contribution in [0.5, 0.6) is 5.75 Å².